The Balaban J connectivity index is 1.39. The number of fused-ring (bicyclic) bond motifs is 1. The van der Waals surface area contributed by atoms with E-state index in [2.05, 4.69) is 32.2 Å². The number of likely N-dealkylation sites (tertiary alicyclic amines) is 1. The number of rotatable bonds is 10. The van der Waals surface area contributed by atoms with Gasteiger partial charge in [0.05, 0.1) is 23.5 Å². The van der Waals surface area contributed by atoms with E-state index >= 15 is 0 Å². The van der Waals surface area contributed by atoms with Crippen LogP contribution in [0.4, 0.5) is 17.2 Å². The molecule has 10 nitrogen and oxygen atoms in total. The van der Waals surface area contributed by atoms with Gasteiger partial charge in [0.15, 0.2) is 0 Å². The largest absolute Gasteiger partial charge is 0.492 e. The number of ether oxygens (including phenoxy) is 2. The van der Waals surface area contributed by atoms with E-state index in [1.54, 1.807) is 23.2 Å². The van der Waals surface area contributed by atoms with Crippen molar-refractivity contribution in [1.29, 1.82) is 0 Å². The van der Waals surface area contributed by atoms with E-state index in [1.165, 1.54) is 12.4 Å². The van der Waals surface area contributed by atoms with Crippen molar-refractivity contribution in [3.05, 3.63) is 85.0 Å². The lowest BCUT2D eigenvalue weighted by Gasteiger charge is -2.23. The monoisotopic (exact) mass is 552 g/mol. The van der Waals surface area contributed by atoms with E-state index in [4.69, 9.17) is 9.47 Å². The van der Waals surface area contributed by atoms with E-state index in [0.29, 0.717) is 54.3 Å². The highest BCUT2D eigenvalue weighted by molar-refractivity contribution is 6.03. The van der Waals surface area contributed by atoms with Crippen LogP contribution in [0.1, 0.15) is 31.0 Å². The Morgan fingerprint density at radius 3 is 2.73 bits per heavy atom. The molecule has 1 fully saturated rings. The summed E-state index contributed by atoms with van der Waals surface area (Å²) in [6, 6.07) is 14.5. The van der Waals surface area contributed by atoms with Crippen molar-refractivity contribution in [1.82, 2.24) is 19.9 Å². The number of nitrogens with one attached hydrogen (secondary N) is 2. The van der Waals surface area contributed by atoms with Gasteiger partial charge in [0.25, 0.3) is 0 Å². The summed E-state index contributed by atoms with van der Waals surface area (Å²) in [4.78, 5) is 40.3. The Bertz CT molecular complexity index is 1580. The number of benzene rings is 2. The van der Waals surface area contributed by atoms with E-state index in [-0.39, 0.29) is 11.8 Å². The normalized spacial score (nSPS) is 14.5. The zero-order valence-corrected chi connectivity index (χ0v) is 23.1. The maximum Gasteiger partial charge on any atom is 0.247 e. The zero-order chi connectivity index (χ0) is 28.8. The molecule has 0 bridgehead atoms. The predicted octanol–water partition coefficient (Wildman–Crippen LogP) is 5.17. The van der Waals surface area contributed by atoms with E-state index < -0.39 is 6.04 Å². The minimum atomic E-state index is -0.573. The number of hydrogen-bond donors (Lipinski definition) is 2. The Kier molecular flexibility index (Phi) is 8.38. The van der Waals surface area contributed by atoms with Gasteiger partial charge < -0.3 is 25.0 Å². The average Bonchev–Trinajstić information content (AvgIpc) is 3.48. The van der Waals surface area contributed by atoms with Gasteiger partial charge in [0, 0.05) is 29.9 Å². The summed E-state index contributed by atoms with van der Waals surface area (Å²) in [5.41, 5.74) is 3.75. The Morgan fingerprint density at radius 2 is 1.98 bits per heavy atom. The van der Waals surface area contributed by atoms with Gasteiger partial charge in [-0.25, -0.2) is 9.97 Å². The van der Waals surface area contributed by atoms with Crippen molar-refractivity contribution in [2.24, 2.45) is 0 Å². The highest BCUT2D eigenvalue weighted by Gasteiger charge is 2.33. The van der Waals surface area contributed by atoms with Gasteiger partial charge in [-0.15, -0.1) is 0 Å². The fourth-order valence-electron chi connectivity index (χ4n) is 4.85. The number of hydrogen-bond acceptors (Lipinski definition) is 8. The van der Waals surface area contributed by atoms with E-state index in [9.17, 15) is 9.59 Å². The van der Waals surface area contributed by atoms with Gasteiger partial charge >= 0.3 is 0 Å². The Hall–Kier alpha value is -4.99. The zero-order valence-electron chi connectivity index (χ0n) is 23.1. The molecule has 4 aromatic rings. The molecule has 2 amide bonds. The molecular weight excluding hydrogens is 520 g/mol. The van der Waals surface area contributed by atoms with Crippen LogP contribution in [-0.4, -0.2) is 50.9 Å². The number of anilines is 3. The van der Waals surface area contributed by atoms with Crippen LogP contribution >= 0.6 is 0 Å². The molecule has 0 radical (unpaired) electrons. The Morgan fingerprint density at radius 1 is 1.10 bits per heavy atom. The summed E-state index contributed by atoms with van der Waals surface area (Å²) in [6.45, 7) is 8.71. The number of aromatic nitrogens is 3. The second-order valence-electron chi connectivity index (χ2n) is 9.62. The van der Waals surface area contributed by atoms with Crippen LogP contribution in [0.15, 0.2) is 73.7 Å². The van der Waals surface area contributed by atoms with Crippen LogP contribution in [0.25, 0.3) is 10.9 Å². The van der Waals surface area contributed by atoms with E-state index in [1.807, 2.05) is 50.2 Å². The van der Waals surface area contributed by atoms with Gasteiger partial charge in [-0.2, -0.15) is 0 Å². The molecule has 1 aliphatic heterocycles. The van der Waals surface area contributed by atoms with Gasteiger partial charge in [0.1, 0.15) is 36.3 Å². The molecule has 2 aromatic carbocycles. The summed E-state index contributed by atoms with van der Waals surface area (Å²) >= 11 is 0. The van der Waals surface area contributed by atoms with Crippen molar-refractivity contribution in [2.75, 3.05) is 23.8 Å². The van der Waals surface area contributed by atoms with Gasteiger partial charge in [-0.05, 0) is 74.7 Å². The summed E-state index contributed by atoms with van der Waals surface area (Å²) in [5, 5.41) is 7.04. The minimum Gasteiger partial charge on any atom is -0.492 e. The predicted molar refractivity (Wildman–Crippen MR) is 157 cm³/mol. The van der Waals surface area contributed by atoms with Crippen LogP contribution in [-0.2, 0) is 16.2 Å². The summed E-state index contributed by atoms with van der Waals surface area (Å²) < 4.78 is 11.8. The number of pyridine rings is 1. The highest BCUT2D eigenvalue weighted by atomic mass is 16.5. The van der Waals surface area contributed by atoms with Crippen LogP contribution in [0.5, 0.6) is 11.5 Å². The second-order valence-corrected chi connectivity index (χ2v) is 9.62. The van der Waals surface area contributed by atoms with Crippen molar-refractivity contribution in [3.8, 4) is 11.5 Å². The first-order valence-electron chi connectivity index (χ1n) is 13.5. The molecule has 2 N–H and O–H groups in total. The maximum absolute atomic E-state index is 13.3. The quantitative estimate of drug-likeness (QED) is 0.259. The number of carbonyl (C=O) groups is 2. The van der Waals surface area contributed by atoms with E-state index in [0.717, 1.165) is 29.1 Å². The lowest BCUT2D eigenvalue weighted by molar-refractivity contribution is -0.132. The highest BCUT2D eigenvalue weighted by Crippen LogP contribution is 2.34. The summed E-state index contributed by atoms with van der Waals surface area (Å²) in [7, 11) is 0. The topological polar surface area (TPSA) is 119 Å². The van der Waals surface area contributed by atoms with Crippen molar-refractivity contribution in [2.45, 2.75) is 39.3 Å². The van der Waals surface area contributed by atoms with Crippen molar-refractivity contribution >= 4 is 39.9 Å². The SMILES string of the molecule is C=CC(=O)N1CCC[C@H]1C(=O)Nc1cc2c(Nc3ccc(OCc4ccccn4)c(C)c3)ncnc2cc1OCC. The summed E-state index contributed by atoms with van der Waals surface area (Å²) in [5.74, 6) is 1.29. The summed E-state index contributed by atoms with van der Waals surface area (Å²) in [6.07, 6.45) is 5.80. The minimum absolute atomic E-state index is 0.255. The number of aryl methyl sites for hydroxylation is 1. The number of carbonyl (C=O) groups excluding carboxylic acids is 2. The molecule has 0 unspecified atom stereocenters. The van der Waals surface area contributed by atoms with Crippen LogP contribution in [0, 0.1) is 6.92 Å². The molecule has 1 saturated heterocycles. The lowest BCUT2D eigenvalue weighted by atomic mass is 10.1. The second kappa shape index (κ2) is 12.5. The molecule has 1 atom stereocenters. The molecule has 210 valence electrons. The molecule has 5 rings (SSSR count). The van der Waals surface area contributed by atoms with Crippen molar-refractivity contribution < 1.29 is 19.1 Å². The first kappa shape index (κ1) is 27.6. The smallest absolute Gasteiger partial charge is 0.247 e. The van der Waals surface area contributed by atoms with Crippen molar-refractivity contribution in [3.63, 3.8) is 0 Å². The van der Waals surface area contributed by atoms with Gasteiger partial charge in [-0.1, -0.05) is 12.6 Å². The third-order valence-corrected chi connectivity index (χ3v) is 6.85. The number of amides is 2. The fourth-order valence-corrected chi connectivity index (χ4v) is 4.85. The van der Waals surface area contributed by atoms with Crippen LogP contribution in [0.3, 0.4) is 0 Å². The molecule has 0 saturated carbocycles. The van der Waals surface area contributed by atoms with Crippen LogP contribution in [0.2, 0.25) is 0 Å². The van der Waals surface area contributed by atoms with Gasteiger partial charge in [-0.3, -0.25) is 14.6 Å². The third-order valence-electron chi connectivity index (χ3n) is 6.85. The molecule has 41 heavy (non-hydrogen) atoms. The first-order valence-corrected chi connectivity index (χ1v) is 13.5. The molecule has 1 aliphatic rings. The molecule has 0 aliphatic carbocycles. The molecular formula is C31H32N6O4. The molecule has 2 aromatic heterocycles. The van der Waals surface area contributed by atoms with Crippen LogP contribution < -0.4 is 20.1 Å². The first-order chi connectivity index (χ1) is 20.0. The van der Waals surface area contributed by atoms with Gasteiger partial charge in [0.2, 0.25) is 11.8 Å². The standard InChI is InChI=1S/C31H32N6O4/c1-4-29(38)37-14-8-10-26(37)31(39)36-25-16-23-24(17-28(25)40-5-2)33-19-34-30(23)35-21-11-12-27(20(3)15-21)41-18-22-9-6-7-13-32-22/h4,6-7,9,11-13,15-17,19,26H,1,5,8,10,14,18H2,2-3H3,(H,36,39)(H,33,34,35)/t26-/m0/s1. The molecule has 0 spiro atoms. The Labute approximate surface area is 238 Å². The third kappa shape index (κ3) is 6.27. The molecule has 10 heteroatoms. The average molecular weight is 553 g/mol. The lowest BCUT2D eigenvalue weighted by Crippen LogP contribution is -2.42. The fraction of sp³-hybridized carbons (Fsp3) is 0.258. The maximum atomic E-state index is 13.3. The molecule has 3 heterocycles. The number of nitrogens with zero attached hydrogens (tertiary/aromatic N) is 4.